The van der Waals surface area contributed by atoms with Gasteiger partial charge in [-0.05, 0) is 39.3 Å². The highest BCUT2D eigenvalue weighted by Crippen LogP contribution is 2.09. The molecule has 72 valence electrons. The number of nitrogens with one attached hydrogen (secondary N) is 1. The Labute approximate surface area is 81.5 Å². The molecule has 0 aliphatic carbocycles. The maximum Gasteiger partial charge on any atom is 0.0311 e. The molecule has 0 rings (SSSR count). The maximum atomic E-state index is 3.88. The van der Waals surface area contributed by atoms with Crippen molar-refractivity contribution in [3.63, 3.8) is 0 Å². The van der Waals surface area contributed by atoms with Crippen molar-refractivity contribution in [1.29, 1.82) is 0 Å². The minimum absolute atomic E-state index is 0.881. The third-order valence-corrected chi connectivity index (χ3v) is 1.82. The SMILES string of the molecule is C=C(C)NC(=C)/C=C(C)\C(C)=C/C. The van der Waals surface area contributed by atoms with Gasteiger partial charge in [-0.2, -0.15) is 0 Å². The smallest absolute Gasteiger partial charge is 0.0311 e. The van der Waals surface area contributed by atoms with Crippen LogP contribution in [-0.4, -0.2) is 0 Å². The second-order valence-corrected chi connectivity index (χ2v) is 3.23. The van der Waals surface area contributed by atoms with Gasteiger partial charge in [-0.15, -0.1) is 0 Å². The Kier molecular flexibility index (Phi) is 4.90. The van der Waals surface area contributed by atoms with Gasteiger partial charge in [0.1, 0.15) is 0 Å². The largest absolute Gasteiger partial charge is 0.360 e. The lowest BCUT2D eigenvalue weighted by Crippen LogP contribution is -2.06. The Morgan fingerprint density at radius 2 is 1.62 bits per heavy atom. The molecule has 0 aromatic heterocycles. The van der Waals surface area contributed by atoms with Crippen LogP contribution in [0.25, 0.3) is 0 Å². The fourth-order valence-corrected chi connectivity index (χ4v) is 0.913. The van der Waals surface area contributed by atoms with E-state index in [2.05, 4.69) is 38.4 Å². The average molecular weight is 177 g/mol. The van der Waals surface area contributed by atoms with Gasteiger partial charge in [-0.1, -0.05) is 24.8 Å². The molecule has 0 aliphatic heterocycles. The van der Waals surface area contributed by atoms with Crippen LogP contribution < -0.4 is 5.32 Å². The molecule has 0 bridgehead atoms. The van der Waals surface area contributed by atoms with Crippen LogP contribution in [0.3, 0.4) is 0 Å². The summed E-state index contributed by atoms with van der Waals surface area (Å²) in [4.78, 5) is 0. The van der Waals surface area contributed by atoms with E-state index in [-0.39, 0.29) is 0 Å². The zero-order chi connectivity index (χ0) is 10.4. The molecule has 13 heavy (non-hydrogen) atoms. The first-order chi connectivity index (χ1) is 5.97. The van der Waals surface area contributed by atoms with Crippen LogP contribution in [0.4, 0.5) is 0 Å². The lowest BCUT2D eigenvalue weighted by molar-refractivity contribution is 1.01. The quantitative estimate of drug-likeness (QED) is 0.648. The van der Waals surface area contributed by atoms with Crippen LogP contribution in [0.15, 0.2) is 47.9 Å². The summed E-state index contributed by atoms with van der Waals surface area (Å²) in [5.74, 6) is 0. The molecular weight excluding hydrogens is 158 g/mol. The van der Waals surface area contributed by atoms with E-state index in [0.717, 1.165) is 11.4 Å². The van der Waals surface area contributed by atoms with Gasteiger partial charge in [-0.25, -0.2) is 0 Å². The van der Waals surface area contributed by atoms with Crippen LogP contribution in [0.1, 0.15) is 27.7 Å². The molecule has 0 saturated carbocycles. The second kappa shape index (κ2) is 5.41. The number of hydrogen-bond acceptors (Lipinski definition) is 1. The Morgan fingerprint density at radius 1 is 1.08 bits per heavy atom. The van der Waals surface area contributed by atoms with E-state index >= 15 is 0 Å². The standard InChI is InChI=1S/C12H19N/c1-7-10(4)11(5)8-12(6)13-9(2)3/h7-8,13H,2,6H2,1,3-5H3/b10-7-,11-8-. The Hall–Kier alpha value is -1.24. The van der Waals surface area contributed by atoms with Crippen molar-refractivity contribution in [1.82, 2.24) is 5.32 Å². The van der Waals surface area contributed by atoms with Crippen molar-refractivity contribution in [2.24, 2.45) is 0 Å². The van der Waals surface area contributed by atoms with Crippen molar-refractivity contribution in [3.8, 4) is 0 Å². The van der Waals surface area contributed by atoms with E-state index in [4.69, 9.17) is 0 Å². The van der Waals surface area contributed by atoms with Gasteiger partial charge < -0.3 is 5.32 Å². The highest BCUT2D eigenvalue weighted by Gasteiger charge is 1.93. The first-order valence-electron chi connectivity index (χ1n) is 4.40. The summed E-state index contributed by atoms with van der Waals surface area (Å²) < 4.78 is 0. The van der Waals surface area contributed by atoms with Gasteiger partial charge in [0.05, 0.1) is 0 Å². The third kappa shape index (κ3) is 5.07. The molecule has 0 fully saturated rings. The predicted octanol–water partition coefficient (Wildman–Crippen LogP) is 3.54. The molecule has 0 aromatic rings. The number of hydrogen-bond donors (Lipinski definition) is 1. The molecule has 0 amide bonds. The first kappa shape index (κ1) is 11.8. The normalized spacial score (nSPS) is 12.6. The Bertz CT molecular complexity index is 267. The summed E-state index contributed by atoms with van der Waals surface area (Å²) >= 11 is 0. The molecule has 0 atom stereocenters. The summed E-state index contributed by atoms with van der Waals surface area (Å²) in [6.45, 7) is 15.7. The molecule has 0 aromatic carbocycles. The minimum atomic E-state index is 0.881. The highest BCUT2D eigenvalue weighted by molar-refractivity contribution is 5.33. The monoisotopic (exact) mass is 177 g/mol. The van der Waals surface area contributed by atoms with Crippen LogP contribution >= 0.6 is 0 Å². The number of allylic oxidation sites excluding steroid dienone is 5. The summed E-state index contributed by atoms with van der Waals surface area (Å²) in [6, 6.07) is 0. The maximum absolute atomic E-state index is 3.88. The average Bonchev–Trinajstić information content (AvgIpc) is 2.01. The number of rotatable bonds is 4. The van der Waals surface area contributed by atoms with Gasteiger partial charge in [-0.3, -0.25) is 0 Å². The first-order valence-corrected chi connectivity index (χ1v) is 4.40. The molecule has 1 heteroatoms. The van der Waals surface area contributed by atoms with Crippen LogP contribution in [0.2, 0.25) is 0 Å². The molecule has 0 saturated heterocycles. The third-order valence-electron chi connectivity index (χ3n) is 1.82. The van der Waals surface area contributed by atoms with Gasteiger partial charge in [0.25, 0.3) is 0 Å². The van der Waals surface area contributed by atoms with Gasteiger partial charge in [0.2, 0.25) is 0 Å². The summed E-state index contributed by atoms with van der Waals surface area (Å²) in [5, 5.41) is 3.06. The molecule has 1 N–H and O–H groups in total. The highest BCUT2D eigenvalue weighted by atomic mass is 14.9. The Morgan fingerprint density at radius 3 is 2.00 bits per heavy atom. The van der Waals surface area contributed by atoms with E-state index in [1.54, 1.807) is 0 Å². The Balaban J connectivity index is 4.39. The van der Waals surface area contributed by atoms with Crippen molar-refractivity contribution < 1.29 is 0 Å². The molecule has 1 nitrogen and oxygen atoms in total. The van der Waals surface area contributed by atoms with Crippen LogP contribution in [0, 0.1) is 0 Å². The molecule has 0 unspecified atom stereocenters. The predicted molar refractivity (Wildman–Crippen MR) is 60.3 cm³/mol. The molecule has 0 spiro atoms. The summed E-state index contributed by atoms with van der Waals surface area (Å²) in [6.07, 6.45) is 4.10. The van der Waals surface area contributed by atoms with Gasteiger partial charge >= 0.3 is 0 Å². The zero-order valence-electron chi connectivity index (χ0n) is 9.07. The van der Waals surface area contributed by atoms with Gasteiger partial charge in [0, 0.05) is 11.4 Å². The fourth-order valence-electron chi connectivity index (χ4n) is 0.913. The molecule has 0 heterocycles. The topological polar surface area (TPSA) is 12.0 Å². The van der Waals surface area contributed by atoms with E-state index in [0.29, 0.717) is 0 Å². The van der Waals surface area contributed by atoms with Crippen molar-refractivity contribution in [2.75, 3.05) is 0 Å². The van der Waals surface area contributed by atoms with Crippen molar-refractivity contribution >= 4 is 0 Å². The van der Waals surface area contributed by atoms with E-state index in [1.807, 2.05) is 19.9 Å². The van der Waals surface area contributed by atoms with E-state index < -0.39 is 0 Å². The minimum Gasteiger partial charge on any atom is -0.360 e. The van der Waals surface area contributed by atoms with Crippen molar-refractivity contribution in [3.05, 3.63) is 47.9 Å². The molecule has 0 aliphatic rings. The van der Waals surface area contributed by atoms with Crippen LogP contribution in [-0.2, 0) is 0 Å². The second-order valence-electron chi connectivity index (χ2n) is 3.23. The van der Waals surface area contributed by atoms with Crippen LogP contribution in [0.5, 0.6) is 0 Å². The molecule has 0 radical (unpaired) electrons. The lowest BCUT2D eigenvalue weighted by atomic mass is 10.1. The van der Waals surface area contributed by atoms with Crippen molar-refractivity contribution in [2.45, 2.75) is 27.7 Å². The van der Waals surface area contributed by atoms with Gasteiger partial charge in [0.15, 0.2) is 0 Å². The summed E-state index contributed by atoms with van der Waals surface area (Å²) in [5.41, 5.74) is 4.28. The molecular formula is C12H19N. The fraction of sp³-hybridized carbons (Fsp3) is 0.333. The lowest BCUT2D eigenvalue weighted by Gasteiger charge is -2.06. The zero-order valence-corrected chi connectivity index (χ0v) is 9.07. The summed E-state index contributed by atoms with van der Waals surface area (Å²) in [7, 11) is 0. The van der Waals surface area contributed by atoms with E-state index in [9.17, 15) is 0 Å². The van der Waals surface area contributed by atoms with E-state index in [1.165, 1.54) is 11.1 Å².